The van der Waals surface area contributed by atoms with Crippen molar-refractivity contribution >= 4 is 33.0 Å². The molecule has 0 saturated heterocycles. The summed E-state index contributed by atoms with van der Waals surface area (Å²) in [5.74, 6) is 0. The zero-order valence-electron chi connectivity index (χ0n) is 15.3. The van der Waals surface area contributed by atoms with Crippen LogP contribution in [0.3, 0.4) is 0 Å². The quantitative estimate of drug-likeness (QED) is 0.707. The minimum absolute atomic E-state index is 0.241. The molecule has 2 N–H and O–H groups in total. The van der Waals surface area contributed by atoms with Crippen molar-refractivity contribution in [3.05, 3.63) is 59.7 Å². The molecule has 0 aliphatic heterocycles. The van der Waals surface area contributed by atoms with Gasteiger partial charge in [0, 0.05) is 19.6 Å². The molecule has 0 aromatic heterocycles. The van der Waals surface area contributed by atoms with E-state index in [9.17, 15) is 8.42 Å². The molecule has 26 heavy (non-hydrogen) atoms. The smallest absolute Gasteiger partial charge is 0.245 e. The lowest BCUT2D eigenvalue weighted by atomic mass is 10.2. The van der Waals surface area contributed by atoms with Gasteiger partial charge in [0.15, 0.2) is 5.11 Å². The molecule has 0 amide bonds. The van der Waals surface area contributed by atoms with Crippen LogP contribution in [-0.4, -0.2) is 30.9 Å². The highest BCUT2D eigenvalue weighted by molar-refractivity contribution is 7.89. The minimum atomic E-state index is -3.58. The number of nitrogens with zero attached hydrogens (tertiary/aromatic N) is 1. The predicted molar refractivity (Wildman–Crippen MR) is 111 cm³/mol. The third-order valence-electron chi connectivity index (χ3n) is 4.00. The molecule has 0 radical (unpaired) electrons. The molecule has 0 bridgehead atoms. The van der Waals surface area contributed by atoms with Crippen LogP contribution in [0.5, 0.6) is 0 Å². The summed E-state index contributed by atoms with van der Waals surface area (Å²) in [6.45, 7) is 6.94. The number of hydrogen-bond acceptors (Lipinski definition) is 3. The van der Waals surface area contributed by atoms with Crippen molar-refractivity contribution in [2.75, 3.05) is 18.4 Å². The normalized spacial score (nSPS) is 11.4. The zero-order valence-corrected chi connectivity index (χ0v) is 17.0. The molecule has 2 aromatic rings. The summed E-state index contributed by atoms with van der Waals surface area (Å²) in [5, 5.41) is 6.52. The second-order valence-electron chi connectivity index (χ2n) is 5.88. The molecule has 0 fully saturated rings. The molecule has 2 rings (SSSR count). The van der Waals surface area contributed by atoms with Crippen molar-refractivity contribution in [3.8, 4) is 0 Å². The number of benzene rings is 2. The van der Waals surface area contributed by atoms with Crippen LogP contribution in [0.1, 0.15) is 25.0 Å². The summed E-state index contributed by atoms with van der Waals surface area (Å²) in [5.41, 5.74) is 2.45. The summed E-state index contributed by atoms with van der Waals surface area (Å²) in [6.07, 6.45) is 0. The first kappa shape index (κ1) is 20.4. The van der Waals surface area contributed by atoms with Gasteiger partial charge < -0.3 is 10.6 Å². The summed E-state index contributed by atoms with van der Waals surface area (Å²) in [6, 6.07) is 15.2. The van der Waals surface area contributed by atoms with Crippen LogP contribution in [0.25, 0.3) is 0 Å². The lowest BCUT2D eigenvalue weighted by Gasteiger charge is -2.21. The van der Waals surface area contributed by atoms with Gasteiger partial charge in [0.25, 0.3) is 0 Å². The van der Waals surface area contributed by atoms with Gasteiger partial charge in [0.1, 0.15) is 4.90 Å². The van der Waals surface area contributed by atoms with Crippen molar-refractivity contribution in [1.29, 1.82) is 0 Å². The highest BCUT2D eigenvalue weighted by atomic mass is 32.2. The van der Waals surface area contributed by atoms with E-state index in [1.165, 1.54) is 4.31 Å². The number of sulfonamides is 1. The zero-order chi connectivity index (χ0) is 19.2. The van der Waals surface area contributed by atoms with Gasteiger partial charge in [-0.1, -0.05) is 50.2 Å². The Morgan fingerprint density at radius 2 is 1.73 bits per heavy atom. The molecule has 0 unspecified atom stereocenters. The van der Waals surface area contributed by atoms with E-state index in [1.807, 2.05) is 57.2 Å². The van der Waals surface area contributed by atoms with Crippen molar-refractivity contribution in [1.82, 2.24) is 9.62 Å². The molecule has 0 aliphatic rings. The van der Waals surface area contributed by atoms with Gasteiger partial charge in [-0.25, -0.2) is 8.42 Å². The van der Waals surface area contributed by atoms with Crippen molar-refractivity contribution in [2.24, 2.45) is 0 Å². The van der Waals surface area contributed by atoms with Gasteiger partial charge in [0.2, 0.25) is 10.0 Å². The van der Waals surface area contributed by atoms with Crippen molar-refractivity contribution < 1.29 is 8.42 Å². The molecule has 0 aliphatic carbocycles. The number of aryl methyl sites for hydroxylation is 1. The van der Waals surface area contributed by atoms with Gasteiger partial charge >= 0.3 is 0 Å². The summed E-state index contributed by atoms with van der Waals surface area (Å²) < 4.78 is 27.3. The lowest BCUT2D eigenvalue weighted by Crippen LogP contribution is -2.33. The Labute approximate surface area is 161 Å². The van der Waals surface area contributed by atoms with Gasteiger partial charge in [0.05, 0.1) is 5.69 Å². The summed E-state index contributed by atoms with van der Waals surface area (Å²) in [4.78, 5) is 0.241. The fourth-order valence-corrected chi connectivity index (χ4v) is 4.47. The molecule has 0 heterocycles. The summed E-state index contributed by atoms with van der Waals surface area (Å²) >= 11 is 5.34. The molecule has 0 saturated carbocycles. The fraction of sp³-hybridized carbons (Fsp3) is 0.316. The molecular weight excluding hydrogens is 366 g/mol. The maximum Gasteiger partial charge on any atom is 0.245 e. The first-order valence-electron chi connectivity index (χ1n) is 8.58. The number of thiocarbonyl (C=S) groups is 1. The van der Waals surface area contributed by atoms with E-state index >= 15 is 0 Å². The fourth-order valence-electron chi connectivity index (χ4n) is 2.59. The maximum absolute atomic E-state index is 13.0. The van der Waals surface area contributed by atoms with Gasteiger partial charge in [-0.05, 0) is 42.4 Å². The highest BCUT2D eigenvalue weighted by Gasteiger charge is 2.25. The predicted octanol–water partition coefficient (Wildman–Crippen LogP) is 3.51. The maximum atomic E-state index is 13.0. The van der Waals surface area contributed by atoms with Crippen molar-refractivity contribution in [2.45, 2.75) is 32.2 Å². The topological polar surface area (TPSA) is 61.4 Å². The number of nitrogens with one attached hydrogen (secondary N) is 2. The average Bonchev–Trinajstić information content (AvgIpc) is 2.63. The Bertz CT molecular complexity index is 848. The first-order valence-corrected chi connectivity index (χ1v) is 10.4. The highest BCUT2D eigenvalue weighted by Crippen LogP contribution is 2.26. The largest absolute Gasteiger partial charge is 0.358 e. The van der Waals surface area contributed by atoms with Crippen LogP contribution in [0, 0.1) is 6.92 Å². The van der Waals surface area contributed by atoms with E-state index in [0.717, 1.165) is 11.1 Å². The van der Waals surface area contributed by atoms with Crippen LogP contribution in [0.4, 0.5) is 5.69 Å². The SMILES string of the molecule is CCN(CC)S(=O)(=O)c1cc(C)ccc1NC(=S)NCc1ccccc1. The van der Waals surface area contributed by atoms with Crippen LogP contribution >= 0.6 is 12.2 Å². The molecule has 140 valence electrons. The second kappa shape index (κ2) is 9.12. The second-order valence-corrected chi connectivity index (χ2v) is 8.20. The summed E-state index contributed by atoms with van der Waals surface area (Å²) in [7, 11) is -3.58. The Morgan fingerprint density at radius 3 is 2.35 bits per heavy atom. The standard InChI is InChI=1S/C19H25N3O2S2/c1-4-22(5-2)26(23,24)18-13-15(3)11-12-17(18)21-19(25)20-14-16-9-7-6-8-10-16/h6-13H,4-5,14H2,1-3H3,(H2,20,21,25). The van der Waals surface area contributed by atoms with Crippen molar-refractivity contribution in [3.63, 3.8) is 0 Å². The first-order chi connectivity index (χ1) is 12.4. The van der Waals surface area contributed by atoms with E-state index in [-0.39, 0.29) is 4.90 Å². The molecule has 0 spiro atoms. The molecule has 2 aromatic carbocycles. The Kier molecular flexibility index (Phi) is 7.14. The lowest BCUT2D eigenvalue weighted by molar-refractivity contribution is 0.445. The van der Waals surface area contributed by atoms with E-state index in [4.69, 9.17) is 12.2 Å². The Hall–Kier alpha value is -1.96. The Morgan fingerprint density at radius 1 is 1.08 bits per heavy atom. The van der Waals surface area contributed by atoms with E-state index < -0.39 is 10.0 Å². The van der Waals surface area contributed by atoms with E-state index in [1.54, 1.807) is 12.1 Å². The monoisotopic (exact) mass is 391 g/mol. The average molecular weight is 392 g/mol. The third kappa shape index (κ3) is 5.03. The van der Waals surface area contributed by atoms with Crippen LogP contribution < -0.4 is 10.6 Å². The molecule has 5 nitrogen and oxygen atoms in total. The molecule has 0 atom stereocenters. The van der Waals surface area contributed by atoms with Gasteiger partial charge in [-0.3, -0.25) is 0 Å². The number of rotatable bonds is 7. The number of hydrogen-bond donors (Lipinski definition) is 2. The van der Waals surface area contributed by atoms with Crippen LogP contribution in [0.15, 0.2) is 53.4 Å². The number of anilines is 1. The minimum Gasteiger partial charge on any atom is -0.358 e. The molecule has 7 heteroatoms. The van der Waals surface area contributed by atoms with Crippen LogP contribution in [-0.2, 0) is 16.6 Å². The molecular formula is C19H25N3O2S2. The van der Waals surface area contributed by atoms with Gasteiger partial charge in [-0.2, -0.15) is 4.31 Å². The third-order valence-corrected chi connectivity index (χ3v) is 6.34. The Balaban J connectivity index is 2.20. The van der Waals surface area contributed by atoms with E-state index in [2.05, 4.69) is 10.6 Å². The van der Waals surface area contributed by atoms with E-state index in [0.29, 0.717) is 30.4 Å². The van der Waals surface area contributed by atoms with Crippen LogP contribution in [0.2, 0.25) is 0 Å². The van der Waals surface area contributed by atoms with Gasteiger partial charge in [-0.15, -0.1) is 0 Å².